The number of methoxy groups -OCH3 is 1. The fraction of sp³-hybridized carbons (Fsp3) is 0.267. The number of hydrogen-bond donors (Lipinski definition) is 1. The molecule has 4 aromatic rings. The first-order chi connectivity index (χ1) is 18.4. The summed E-state index contributed by atoms with van der Waals surface area (Å²) in [6.45, 7) is 4.09. The molecule has 190 valence electrons. The Morgan fingerprint density at radius 2 is 1.71 bits per heavy atom. The van der Waals surface area contributed by atoms with Gasteiger partial charge in [0.25, 0.3) is 5.56 Å². The highest BCUT2D eigenvalue weighted by Crippen LogP contribution is 2.56. The predicted octanol–water partition coefficient (Wildman–Crippen LogP) is 3.38. The van der Waals surface area contributed by atoms with Crippen molar-refractivity contribution in [2.45, 2.75) is 25.4 Å². The number of amides is 2. The van der Waals surface area contributed by atoms with E-state index >= 15 is 0 Å². The zero-order valence-corrected chi connectivity index (χ0v) is 21.2. The van der Waals surface area contributed by atoms with Crippen LogP contribution in [-0.2, 0) is 15.1 Å². The summed E-state index contributed by atoms with van der Waals surface area (Å²) in [5, 5.41) is 4.22. The Balaban J connectivity index is 1.52. The third kappa shape index (κ3) is 2.73. The second-order valence-corrected chi connectivity index (χ2v) is 10.5. The summed E-state index contributed by atoms with van der Waals surface area (Å²) in [6, 6.07) is 21.5. The van der Waals surface area contributed by atoms with Crippen molar-refractivity contribution >= 4 is 28.4 Å². The number of imide groups is 1. The molecule has 4 atom stereocenters. The number of fused-ring (bicyclic) bond motifs is 8. The van der Waals surface area contributed by atoms with Crippen LogP contribution in [0.15, 0.2) is 77.6 Å². The number of carbonyl (C=O) groups excluding carboxylic acids is 2. The van der Waals surface area contributed by atoms with Crippen LogP contribution in [0.2, 0.25) is 0 Å². The van der Waals surface area contributed by atoms with Crippen LogP contribution < -0.4 is 20.5 Å². The monoisotopic (exact) mass is 506 g/mol. The number of hydrogen-bond acceptors (Lipinski definition) is 6. The summed E-state index contributed by atoms with van der Waals surface area (Å²) in [7, 11) is 1.55. The second kappa shape index (κ2) is 7.85. The van der Waals surface area contributed by atoms with Gasteiger partial charge in [0, 0.05) is 17.7 Å². The van der Waals surface area contributed by atoms with Gasteiger partial charge in [-0.1, -0.05) is 50.2 Å². The molecule has 0 bridgehead atoms. The lowest BCUT2D eigenvalue weighted by molar-refractivity contribution is -0.123. The lowest BCUT2D eigenvalue weighted by Gasteiger charge is -2.32. The third-order valence-electron chi connectivity index (χ3n) is 8.33. The van der Waals surface area contributed by atoms with Crippen LogP contribution in [0.5, 0.6) is 5.75 Å². The van der Waals surface area contributed by atoms with E-state index in [2.05, 4.69) is 5.32 Å². The first kappa shape index (κ1) is 22.9. The molecule has 3 aromatic carbocycles. The van der Waals surface area contributed by atoms with Gasteiger partial charge in [0.15, 0.2) is 0 Å². The molecule has 0 saturated carbocycles. The third-order valence-corrected chi connectivity index (χ3v) is 8.33. The van der Waals surface area contributed by atoms with Crippen molar-refractivity contribution in [1.29, 1.82) is 0 Å². The van der Waals surface area contributed by atoms with Crippen molar-refractivity contribution in [3.05, 3.63) is 94.5 Å². The fourth-order valence-corrected chi connectivity index (χ4v) is 6.73. The van der Waals surface area contributed by atoms with Crippen molar-refractivity contribution in [1.82, 2.24) is 14.9 Å². The Hall–Kier alpha value is -4.30. The maximum Gasteiger partial charge on any atom is 0.266 e. The van der Waals surface area contributed by atoms with E-state index in [1.54, 1.807) is 42.0 Å². The number of ether oxygens (including phenoxy) is 1. The number of rotatable bonds is 3. The molecule has 7 rings (SSSR count). The van der Waals surface area contributed by atoms with E-state index in [0.29, 0.717) is 33.9 Å². The Kier molecular flexibility index (Phi) is 4.72. The van der Waals surface area contributed by atoms with E-state index < -0.39 is 17.4 Å². The zero-order chi connectivity index (χ0) is 26.3. The maximum absolute atomic E-state index is 14.4. The van der Waals surface area contributed by atoms with Crippen molar-refractivity contribution in [3.8, 4) is 11.4 Å². The van der Waals surface area contributed by atoms with Crippen LogP contribution >= 0.6 is 0 Å². The molecule has 38 heavy (non-hydrogen) atoms. The molecule has 8 nitrogen and oxygen atoms in total. The van der Waals surface area contributed by atoms with Crippen LogP contribution in [0.4, 0.5) is 5.69 Å². The van der Waals surface area contributed by atoms with Gasteiger partial charge in [0.05, 0.1) is 41.2 Å². The molecule has 3 aliphatic heterocycles. The molecule has 0 aliphatic carbocycles. The van der Waals surface area contributed by atoms with Gasteiger partial charge in [0.1, 0.15) is 17.1 Å². The molecule has 1 aromatic heterocycles. The van der Waals surface area contributed by atoms with Gasteiger partial charge in [-0.05, 0) is 36.2 Å². The topological polar surface area (TPSA) is 93.5 Å². The van der Waals surface area contributed by atoms with Crippen molar-refractivity contribution in [3.63, 3.8) is 0 Å². The lowest BCUT2D eigenvalue weighted by atomic mass is 9.75. The molecule has 0 radical (unpaired) electrons. The van der Waals surface area contributed by atoms with Gasteiger partial charge in [-0.2, -0.15) is 0 Å². The van der Waals surface area contributed by atoms with E-state index in [4.69, 9.17) is 9.72 Å². The molecule has 8 heteroatoms. The molecule has 3 aliphatic rings. The number of anilines is 1. The Morgan fingerprint density at radius 1 is 0.947 bits per heavy atom. The summed E-state index contributed by atoms with van der Waals surface area (Å²) < 4.78 is 6.99. The molecular formula is C30H26N4O4. The highest BCUT2D eigenvalue weighted by Gasteiger charge is 2.70. The van der Waals surface area contributed by atoms with Gasteiger partial charge >= 0.3 is 0 Å². The summed E-state index contributed by atoms with van der Waals surface area (Å²) in [5.74, 6) is -0.922. The normalized spacial score (nSPS) is 25.4. The van der Waals surface area contributed by atoms with E-state index in [0.717, 1.165) is 5.56 Å². The summed E-state index contributed by atoms with van der Waals surface area (Å²) in [5.41, 5.74) is 1.17. The number of para-hydroxylation sites is 2. The minimum absolute atomic E-state index is 0.0391. The van der Waals surface area contributed by atoms with E-state index in [1.807, 2.05) is 56.3 Å². The molecule has 0 unspecified atom stereocenters. The fourth-order valence-electron chi connectivity index (χ4n) is 6.73. The number of carbonyl (C=O) groups is 2. The van der Waals surface area contributed by atoms with E-state index in [9.17, 15) is 14.4 Å². The van der Waals surface area contributed by atoms with E-state index in [1.165, 1.54) is 4.90 Å². The highest BCUT2D eigenvalue weighted by molar-refractivity contribution is 6.23. The van der Waals surface area contributed by atoms with Crippen LogP contribution in [0.1, 0.15) is 25.2 Å². The number of nitrogens with one attached hydrogen (secondary N) is 1. The summed E-state index contributed by atoms with van der Waals surface area (Å²) >= 11 is 0. The smallest absolute Gasteiger partial charge is 0.266 e. The Labute approximate surface area is 218 Å². The predicted molar refractivity (Wildman–Crippen MR) is 142 cm³/mol. The number of aromatic nitrogens is 2. The van der Waals surface area contributed by atoms with Crippen LogP contribution in [-0.4, -0.2) is 34.5 Å². The lowest BCUT2D eigenvalue weighted by Crippen LogP contribution is -2.51. The molecule has 1 spiro atoms. The quantitative estimate of drug-likeness (QED) is 0.428. The van der Waals surface area contributed by atoms with Gasteiger partial charge < -0.3 is 4.74 Å². The van der Waals surface area contributed by atoms with Crippen molar-refractivity contribution in [2.24, 2.45) is 17.8 Å². The molecule has 2 fully saturated rings. The van der Waals surface area contributed by atoms with Crippen molar-refractivity contribution < 1.29 is 14.3 Å². The first-order valence-electron chi connectivity index (χ1n) is 12.8. The maximum atomic E-state index is 14.4. The minimum atomic E-state index is -1.14. The summed E-state index contributed by atoms with van der Waals surface area (Å²) in [6.07, 6.45) is 0. The Morgan fingerprint density at radius 3 is 2.50 bits per heavy atom. The van der Waals surface area contributed by atoms with Crippen molar-refractivity contribution in [2.75, 3.05) is 12.0 Å². The number of benzene rings is 3. The number of nitrogens with zero attached hydrogens (tertiary/aromatic N) is 3. The highest BCUT2D eigenvalue weighted by atomic mass is 16.5. The SMILES string of the molecule is COc1cccc(N2C(=O)[C@H]3[C@H](C(C)C)N[C@]4(c5ccccc5-n5c4nc4ccccc4c5=O)[C@H]3C2=O)c1. The molecule has 4 heterocycles. The molecule has 1 N–H and O–H groups in total. The Bertz CT molecular complexity index is 1730. The molecule has 2 saturated heterocycles. The van der Waals surface area contributed by atoms with Crippen LogP contribution in [0.3, 0.4) is 0 Å². The second-order valence-electron chi connectivity index (χ2n) is 10.5. The standard InChI is InChI=1S/C30H26N4O4/c1-16(2)25-23-24(28(37)33(27(23)36)17-9-8-10-18(15-17)38-3)30(32-25)20-12-5-7-14-22(20)34-26(35)19-11-4-6-13-21(19)31-29(30)34/h4-16,23-25,32H,1-3H3/t23-,24-,25+,30-/m1/s1. The zero-order valence-electron chi connectivity index (χ0n) is 21.2. The largest absolute Gasteiger partial charge is 0.497 e. The van der Waals surface area contributed by atoms with Crippen LogP contribution in [0.25, 0.3) is 16.6 Å². The minimum Gasteiger partial charge on any atom is -0.497 e. The first-order valence-corrected chi connectivity index (χ1v) is 12.8. The molecule has 2 amide bonds. The van der Waals surface area contributed by atoms with Crippen LogP contribution in [0, 0.1) is 17.8 Å². The van der Waals surface area contributed by atoms with Gasteiger partial charge in [-0.3, -0.25) is 24.3 Å². The average molecular weight is 507 g/mol. The average Bonchev–Trinajstić information content (AvgIpc) is 3.52. The van der Waals surface area contributed by atoms with Gasteiger partial charge in [-0.15, -0.1) is 0 Å². The summed E-state index contributed by atoms with van der Waals surface area (Å²) in [4.78, 5) is 48.6. The van der Waals surface area contributed by atoms with E-state index in [-0.39, 0.29) is 29.3 Å². The van der Waals surface area contributed by atoms with Gasteiger partial charge in [-0.25, -0.2) is 9.88 Å². The van der Waals surface area contributed by atoms with Gasteiger partial charge in [0.2, 0.25) is 11.8 Å². The molecular weight excluding hydrogens is 480 g/mol.